The number of unbranched alkanes of at least 4 members (excludes halogenated alkanes) is 2. The van der Waals surface area contributed by atoms with Crippen LogP contribution in [0, 0.1) is 0 Å². The van der Waals surface area contributed by atoms with E-state index in [0.29, 0.717) is 87.5 Å². The van der Waals surface area contributed by atoms with Gasteiger partial charge in [0, 0.05) is 34.7 Å². The number of ether oxygens (including phenoxy) is 4. The van der Waals surface area contributed by atoms with Crippen molar-refractivity contribution in [2.24, 2.45) is 22.9 Å². The van der Waals surface area contributed by atoms with Crippen LogP contribution >= 0.6 is 13.5 Å². The predicted molar refractivity (Wildman–Crippen MR) is 329 cm³/mol. The van der Waals surface area contributed by atoms with Crippen molar-refractivity contribution in [1.29, 1.82) is 0 Å². The molecule has 0 unspecified atom stereocenters. The maximum Gasteiger partial charge on any atom is 0.338 e. The summed E-state index contributed by atoms with van der Waals surface area (Å²) in [6.45, 7) is 1.42. The monoisotopic (exact) mass is 1190 g/mol. The van der Waals surface area contributed by atoms with Crippen molar-refractivity contribution in [3.8, 4) is 34.1 Å². The molecule has 8 rings (SSSR count). The van der Waals surface area contributed by atoms with Gasteiger partial charge in [-0.3, -0.25) is 42.5 Å². The average Bonchev–Trinajstić information content (AvgIpc) is 3.56. The zero-order valence-electron chi connectivity index (χ0n) is 44.9. The van der Waals surface area contributed by atoms with Crippen molar-refractivity contribution in [2.45, 2.75) is 91.1 Å². The van der Waals surface area contributed by atoms with E-state index in [1.165, 1.54) is 0 Å². The Bertz CT molecular complexity index is 3230. The van der Waals surface area contributed by atoms with Gasteiger partial charge in [0.15, 0.2) is 0 Å². The Morgan fingerprint density at radius 2 is 0.747 bits per heavy atom. The van der Waals surface area contributed by atoms with E-state index >= 15 is 0 Å². The number of esters is 2. The third-order valence-corrected chi connectivity index (χ3v) is 13.3. The van der Waals surface area contributed by atoms with E-state index in [4.69, 9.17) is 41.9 Å². The maximum atomic E-state index is 13.7. The number of hydrogen-bond donors (Lipinski definition) is 8. The van der Waals surface area contributed by atoms with Gasteiger partial charge < -0.3 is 54.4 Å². The molecule has 442 valence electrons. The second-order valence-electron chi connectivity index (χ2n) is 19.0. The van der Waals surface area contributed by atoms with Gasteiger partial charge >= 0.3 is 23.9 Å². The predicted octanol–water partition coefficient (Wildman–Crippen LogP) is 0.907. The molecule has 0 saturated carbocycles. The first-order chi connectivity index (χ1) is 38.0. The molecule has 0 spiro atoms. The summed E-state index contributed by atoms with van der Waals surface area (Å²) in [5.41, 5.74) is 23.9. The molecule has 16 nitrogen and oxygen atoms in total. The van der Waals surface area contributed by atoms with Crippen LogP contribution in [0.3, 0.4) is 0 Å². The standard InChI is InChI=1S/C62H66N8O8.2CH4.2ClH.H2S/c63-61(64)67-37-11-9-27-49(59(73)77-51-29-13-21-41-17-1-5-23-45(41)51)69-55(71)31-15-39-75-53-35-33-43-19-3-7-25-47(43)57(53)58-48-26-8-4-20-44(48)34-36-54(58)76-40-16-32-56(72)70-50(28-10-12-38-68-62(65)66)60(74)78-52-30-14-22-42-18-2-6-24-46(42)52;;;;;/h1-8,13-14,17-26,29-30,33-36,49-50H,9-12,15-16,27-28,31-32,37-40H2,(H,69,71)(H,70,72)(H4,63,64,67)(H4,65,66,68);2*1H4;2*1H;1H2/t49-,50-;;;;;/m1...../s1. The lowest BCUT2D eigenvalue weighted by molar-refractivity contribution is -0.460. The number of nitrogens with one attached hydrogen (secondary N) is 4. The van der Waals surface area contributed by atoms with Gasteiger partial charge in [-0.15, -0.1) is 0 Å². The number of amides is 2. The van der Waals surface area contributed by atoms with Crippen LogP contribution in [0.15, 0.2) is 158 Å². The molecule has 19 heteroatoms. The molecule has 0 radical (unpaired) electrons. The molecular formula is C64H78Cl2N8O8S. The first kappa shape index (κ1) is 69.0. The van der Waals surface area contributed by atoms with E-state index in [0.717, 1.165) is 54.2 Å². The molecule has 0 heterocycles. The van der Waals surface area contributed by atoms with Crippen LogP contribution in [0.5, 0.6) is 23.0 Å². The van der Waals surface area contributed by atoms with Crippen LogP contribution in [0.2, 0.25) is 0 Å². The van der Waals surface area contributed by atoms with E-state index in [1.807, 2.05) is 146 Å². The van der Waals surface area contributed by atoms with Crippen molar-refractivity contribution >= 4 is 92.3 Å². The number of nitrogens with two attached hydrogens (primary N) is 4. The van der Waals surface area contributed by atoms with E-state index < -0.39 is 24.0 Å². The second kappa shape index (κ2) is 34.9. The van der Waals surface area contributed by atoms with Gasteiger partial charge in [-0.05, 0) is 108 Å². The summed E-state index contributed by atoms with van der Waals surface area (Å²) < 4.78 is 25.0. The average molecular weight is 1190 g/mol. The lowest BCUT2D eigenvalue weighted by atomic mass is 9.92. The molecule has 0 aromatic heterocycles. The normalized spacial score (nSPS) is 11.1. The number of rotatable bonds is 27. The smallest absolute Gasteiger partial charge is 0.338 e. The number of halogens is 2. The van der Waals surface area contributed by atoms with Crippen molar-refractivity contribution in [3.05, 3.63) is 158 Å². The minimum atomic E-state index is -0.899. The number of guanidine groups is 2. The first-order valence-electron chi connectivity index (χ1n) is 26.5. The largest absolute Gasteiger partial charge is 1.00 e. The number of fused-ring (bicyclic) bond motifs is 4. The number of hydrogen-bond acceptors (Lipinski definition) is 8. The van der Waals surface area contributed by atoms with Crippen LogP contribution in [-0.4, -0.2) is 74.1 Å². The van der Waals surface area contributed by atoms with Gasteiger partial charge in [0.05, 0.1) is 26.3 Å². The van der Waals surface area contributed by atoms with Gasteiger partial charge in [-0.25, -0.2) is 9.59 Å². The zero-order chi connectivity index (χ0) is 54.6. The Labute approximate surface area is 505 Å². The fourth-order valence-corrected chi connectivity index (χ4v) is 9.46. The van der Waals surface area contributed by atoms with Crippen LogP contribution < -0.4 is 87.3 Å². The molecule has 0 bridgehead atoms. The fourth-order valence-electron chi connectivity index (χ4n) is 9.46. The lowest BCUT2D eigenvalue weighted by Gasteiger charge is -2.20. The summed E-state index contributed by atoms with van der Waals surface area (Å²) in [6, 6.07) is 48.5. The number of benzene rings is 8. The first-order valence-corrected chi connectivity index (χ1v) is 26.5. The molecule has 0 saturated heterocycles. The van der Waals surface area contributed by atoms with Crippen molar-refractivity contribution in [3.63, 3.8) is 0 Å². The van der Waals surface area contributed by atoms with Gasteiger partial charge in [0.2, 0.25) is 11.8 Å². The molecule has 0 aliphatic rings. The minimum Gasteiger partial charge on any atom is -1.00 e. The third kappa shape index (κ3) is 19.4. The Balaban J connectivity index is 0.00000361. The summed E-state index contributed by atoms with van der Waals surface area (Å²) in [6.07, 6.45) is 4.07. The molecule has 2 atom stereocenters. The lowest BCUT2D eigenvalue weighted by Crippen LogP contribution is -3.00. The molecule has 2 amide bonds. The van der Waals surface area contributed by atoms with Crippen LogP contribution in [0.1, 0.15) is 79.1 Å². The molecule has 12 N–H and O–H groups in total. The van der Waals surface area contributed by atoms with E-state index in [2.05, 4.69) is 20.6 Å². The Morgan fingerprint density at radius 1 is 0.410 bits per heavy atom. The van der Waals surface area contributed by atoms with Crippen LogP contribution in [0.4, 0.5) is 0 Å². The number of carbonyl (C=O) groups is 4. The van der Waals surface area contributed by atoms with Crippen LogP contribution in [-0.2, 0) is 19.2 Å². The Morgan fingerprint density at radius 3 is 1.12 bits per heavy atom. The van der Waals surface area contributed by atoms with Gasteiger partial charge in [-0.2, -0.15) is 13.5 Å². The fraction of sp³-hybridized carbons (Fsp3) is 0.281. The maximum absolute atomic E-state index is 13.7. The highest BCUT2D eigenvalue weighted by molar-refractivity contribution is 7.59. The molecular weight excluding hydrogens is 1110 g/mol. The SMILES string of the molecule is C.C.NC(N)=[NH+]CCCC[C@@H](NC(=O)CCCOc1ccc2ccccc2c1-c1c(OCCCC(=O)N[C@H](CCCC[NH+]=C(N)N)C(=O)Oc2cccc3ccccc23)ccc2ccccc12)C(=O)Oc1cccc2ccccc12.S.[Cl-].[Cl-]. The second-order valence-corrected chi connectivity index (χ2v) is 19.0. The number of carbonyl (C=O) groups excluding carboxylic acids is 4. The van der Waals surface area contributed by atoms with E-state index in [1.54, 1.807) is 12.1 Å². The summed E-state index contributed by atoms with van der Waals surface area (Å²) in [5.74, 6) is 0.512. The molecule has 0 aliphatic carbocycles. The highest BCUT2D eigenvalue weighted by Gasteiger charge is 2.26. The summed E-state index contributed by atoms with van der Waals surface area (Å²) in [7, 11) is 0. The quantitative estimate of drug-likeness (QED) is 0.0118. The zero-order valence-corrected chi connectivity index (χ0v) is 47.4. The van der Waals surface area contributed by atoms with Crippen molar-refractivity contribution < 1.29 is 72.9 Å². The van der Waals surface area contributed by atoms with Crippen molar-refractivity contribution in [1.82, 2.24) is 10.6 Å². The molecule has 0 aliphatic heterocycles. The molecule has 0 fully saturated rings. The Kier molecular flexibility index (Phi) is 29.0. The summed E-state index contributed by atoms with van der Waals surface area (Å²) in [5, 5.41) is 13.1. The van der Waals surface area contributed by atoms with Crippen LogP contribution in [0.25, 0.3) is 54.2 Å². The molecule has 8 aromatic carbocycles. The van der Waals surface area contributed by atoms with Gasteiger partial charge in [0.25, 0.3) is 0 Å². The van der Waals surface area contributed by atoms with Gasteiger partial charge in [-0.1, -0.05) is 148 Å². The topological polar surface area (TPSA) is 261 Å². The van der Waals surface area contributed by atoms with E-state index in [9.17, 15) is 19.2 Å². The van der Waals surface area contributed by atoms with E-state index in [-0.39, 0.29) is 103 Å². The third-order valence-electron chi connectivity index (χ3n) is 13.3. The minimum absolute atomic E-state index is 0. The summed E-state index contributed by atoms with van der Waals surface area (Å²) in [4.78, 5) is 60.5. The molecule has 83 heavy (non-hydrogen) atoms. The highest BCUT2D eigenvalue weighted by atomic mass is 35.5. The Hall–Kier alpha value is -8.25. The van der Waals surface area contributed by atoms with Crippen molar-refractivity contribution in [2.75, 3.05) is 26.3 Å². The van der Waals surface area contributed by atoms with Gasteiger partial charge in [0.1, 0.15) is 35.1 Å². The molecule has 8 aromatic rings. The summed E-state index contributed by atoms with van der Waals surface area (Å²) >= 11 is 0. The highest BCUT2D eigenvalue weighted by Crippen LogP contribution is 2.45.